The summed E-state index contributed by atoms with van der Waals surface area (Å²) in [5, 5.41) is 8.91. The van der Waals surface area contributed by atoms with Gasteiger partial charge in [0.1, 0.15) is 0 Å². The minimum atomic E-state index is -0.918. The molecular formula is C13H17N3O2. The number of carboxylic acids is 1. The quantitative estimate of drug-likeness (QED) is 0.873. The summed E-state index contributed by atoms with van der Waals surface area (Å²) in [5.41, 5.74) is 2.00. The zero-order valence-corrected chi connectivity index (χ0v) is 10.6. The van der Waals surface area contributed by atoms with Crippen LogP contribution in [0.2, 0.25) is 0 Å². The van der Waals surface area contributed by atoms with Crippen LogP contribution in [-0.2, 0) is 6.54 Å². The highest BCUT2D eigenvalue weighted by atomic mass is 16.4. The van der Waals surface area contributed by atoms with Crippen molar-refractivity contribution in [2.24, 2.45) is 0 Å². The molecule has 1 aromatic heterocycles. The Balaban J connectivity index is 2.18. The molecule has 0 unspecified atom stereocenters. The van der Waals surface area contributed by atoms with E-state index in [4.69, 9.17) is 5.11 Å². The Morgan fingerprint density at radius 1 is 1.44 bits per heavy atom. The fraction of sp³-hybridized carbons (Fsp3) is 0.385. The molecule has 0 bridgehead atoms. The zero-order valence-electron chi connectivity index (χ0n) is 10.6. The molecule has 0 aliphatic carbocycles. The Morgan fingerprint density at radius 3 is 2.89 bits per heavy atom. The number of fused-ring (bicyclic) bond motifs is 1. The molecule has 0 radical (unpaired) electrons. The number of aromatic carboxylic acids is 1. The van der Waals surface area contributed by atoms with Crippen molar-refractivity contribution >= 4 is 17.0 Å². The Labute approximate surface area is 106 Å². The number of benzene rings is 1. The average molecular weight is 247 g/mol. The Bertz CT molecular complexity index is 560. The van der Waals surface area contributed by atoms with Gasteiger partial charge >= 0.3 is 5.97 Å². The van der Waals surface area contributed by atoms with Crippen molar-refractivity contribution in [2.75, 3.05) is 20.6 Å². The van der Waals surface area contributed by atoms with E-state index < -0.39 is 5.97 Å². The van der Waals surface area contributed by atoms with E-state index in [-0.39, 0.29) is 5.56 Å². The third kappa shape index (κ3) is 2.68. The second-order valence-electron chi connectivity index (χ2n) is 4.60. The molecule has 2 rings (SSSR count). The highest BCUT2D eigenvalue weighted by Crippen LogP contribution is 2.15. The topological polar surface area (TPSA) is 58.4 Å². The average Bonchev–Trinajstić information content (AvgIpc) is 2.71. The molecular weight excluding hydrogens is 230 g/mol. The van der Waals surface area contributed by atoms with Crippen LogP contribution >= 0.6 is 0 Å². The lowest BCUT2D eigenvalue weighted by molar-refractivity contribution is 0.0697. The summed E-state index contributed by atoms with van der Waals surface area (Å²) in [6.45, 7) is 1.91. The largest absolute Gasteiger partial charge is 0.478 e. The van der Waals surface area contributed by atoms with Crippen molar-refractivity contribution in [3.63, 3.8) is 0 Å². The van der Waals surface area contributed by atoms with Gasteiger partial charge in [0.25, 0.3) is 0 Å². The van der Waals surface area contributed by atoms with Gasteiger partial charge < -0.3 is 14.6 Å². The lowest BCUT2D eigenvalue weighted by Gasteiger charge is -2.09. The molecule has 0 amide bonds. The summed E-state index contributed by atoms with van der Waals surface area (Å²) in [7, 11) is 4.09. The van der Waals surface area contributed by atoms with Gasteiger partial charge in [0.2, 0.25) is 0 Å². The molecule has 0 spiro atoms. The summed E-state index contributed by atoms with van der Waals surface area (Å²) in [4.78, 5) is 17.2. The molecule has 1 heterocycles. The number of imidazole rings is 1. The van der Waals surface area contributed by atoms with Crippen molar-refractivity contribution in [3.8, 4) is 0 Å². The first-order valence-electron chi connectivity index (χ1n) is 5.91. The molecule has 0 aliphatic heterocycles. The predicted molar refractivity (Wildman–Crippen MR) is 69.9 cm³/mol. The summed E-state index contributed by atoms with van der Waals surface area (Å²) in [5.74, 6) is -0.918. The molecule has 0 saturated heterocycles. The van der Waals surface area contributed by atoms with Crippen LogP contribution in [0, 0.1) is 0 Å². The Hall–Kier alpha value is -1.88. The molecule has 96 valence electrons. The maximum Gasteiger partial charge on any atom is 0.335 e. The molecule has 0 aliphatic rings. The molecule has 5 heteroatoms. The number of rotatable bonds is 5. The lowest BCUT2D eigenvalue weighted by atomic mass is 10.2. The van der Waals surface area contributed by atoms with E-state index in [1.807, 2.05) is 20.2 Å². The normalized spacial score (nSPS) is 11.3. The molecule has 1 aromatic carbocycles. The Morgan fingerprint density at radius 2 is 2.22 bits per heavy atom. The SMILES string of the molecule is CN(C)CCCn1cnc2cc(C(=O)O)ccc21. The van der Waals surface area contributed by atoms with Gasteiger partial charge in [-0.05, 0) is 45.3 Å². The van der Waals surface area contributed by atoms with Gasteiger partial charge in [0.15, 0.2) is 0 Å². The maximum absolute atomic E-state index is 10.9. The summed E-state index contributed by atoms with van der Waals surface area (Å²) >= 11 is 0. The van der Waals surface area contributed by atoms with Crippen LogP contribution in [0.5, 0.6) is 0 Å². The van der Waals surface area contributed by atoms with Crippen molar-refractivity contribution < 1.29 is 9.90 Å². The van der Waals surface area contributed by atoms with Crippen LogP contribution in [0.1, 0.15) is 16.8 Å². The third-order valence-corrected chi connectivity index (χ3v) is 2.87. The monoisotopic (exact) mass is 247 g/mol. The van der Waals surface area contributed by atoms with Gasteiger partial charge in [-0.25, -0.2) is 9.78 Å². The van der Waals surface area contributed by atoms with Crippen LogP contribution in [0.3, 0.4) is 0 Å². The molecule has 2 aromatic rings. The van der Waals surface area contributed by atoms with Gasteiger partial charge in [-0.2, -0.15) is 0 Å². The number of carboxylic acid groups (broad SMARTS) is 1. The first kappa shape index (κ1) is 12.6. The van der Waals surface area contributed by atoms with Gasteiger partial charge in [0.05, 0.1) is 22.9 Å². The highest BCUT2D eigenvalue weighted by molar-refractivity contribution is 5.92. The number of hydrogen-bond acceptors (Lipinski definition) is 3. The fourth-order valence-corrected chi connectivity index (χ4v) is 1.93. The van der Waals surface area contributed by atoms with Crippen molar-refractivity contribution in [3.05, 3.63) is 30.1 Å². The van der Waals surface area contributed by atoms with Crippen molar-refractivity contribution in [2.45, 2.75) is 13.0 Å². The lowest BCUT2D eigenvalue weighted by Crippen LogP contribution is -2.14. The van der Waals surface area contributed by atoms with Gasteiger partial charge in [-0.15, -0.1) is 0 Å². The molecule has 0 fully saturated rings. The number of nitrogens with zero attached hydrogens (tertiary/aromatic N) is 3. The van der Waals surface area contributed by atoms with E-state index in [0.717, 1.165) is 30.5 Å². The van der Waals surface area contributed by atoms with Gasteiger partial charge in [0, 0.05) is 6.54 Å². The summed E-state index contributed by atoms with van der Waals surface area (Å²) < 4.78 is 2.06. The number of carbonyl (C=O) groups is 1. The zero-order chi connectivity index (χ0) is 13.1. The fourth-order valence-electron chi connectivity index (χ4n) is 1.93. The minimum Gasteiger partial charge on any atom is -0.478 e. The van der Waals surface area contributed by atoms with Crippen molar-refractivity contribution in [1.82, 2.24) is 14.5 Å². The Kier molecular flexibility index (Phi) is 3.62. The first-order chi connectivity index (χ1) is 8.58. The highest BCUT2D eigenvalue weighted by Gasteiger charge is 2.07. The van der Waals surface area contributed by atoms with E-state index in [0.29, 0.717) is 0 Å². The van der Waals surface area contributed by atoms with Crippen LogP contribution < -0.4 is 0 Å². The third-order valence-electron chi connectivity index (χ3n) is 2.87. The molecule has 0 saturated carbocycles. The predicted octanol–water partition coefficient (Wildman–Crippen LogP) is 1.69. The van der Waals surface area contributed by atoms with E-state index >= 15 is 0 Å². The second kappa shape index (κ2) is 5.18. The van der Waals surface area contributed by atoms with Gasteiger partial charge in [-0.1, -0.05) is 0 Å². The van der Waals surface area contributed by atoms with Crippen LogP contribution in [0.4, 0.5) is 0 Å². The van der Waals surface area contributed by atoms with E-state index in [1.165, 1.54) is 0 Å². The maximum atomic E-state index is 10.9. The van der Waals surface area contributed by atoms with E-state index in [2.05, 4.69) is 14.5 Å². The molecule has 5 nitrogen and oxygen atoms in total. The van der Waals surface area contributed by atoms with E-state index in [1.54, 1.807) is 18.5 Å². The van der Waals surface area contributed by atoms with E-state index in [9.17, 15) is 4.79 Å². The number of aromatic nitrogens is 2. The standard InChI is InChI=1S/C13H17N3O2/c1-15(2)6-3-7-16-9-14-11-8-10(13(17)18)4-5-12(11)16/h4-5,8-9H,3,6-7H2,1-2H3,(H,17,18). The number of hydrogen-bond donors (Lipinski definition) is 1. The summed E-state index contributed by atoms with van der Waals surface area (Å²) in [6, 6.07) is 5.05. The van der Waals surface area contributed by atoms with Gasteiger partial charge in [-0.3, -0.25) is 0 Å². The van der Waals surface area contributed by atoms with Crippen LogP contribution in [0.25, 0.3) is 11.0 Å². The van der Waals surface area contributed by atoms with Crippen LogP contribution in [-0.4, -0.2) is 46.2 Å². The second-order valence-corrected chi connectivity index (χ2v) is 4.60. The number of aryl methyl sites for hydroxylation is 1. The minimum absolute atomic E-state index is 0.279. The first-order valence-corrected chi connectivity index (χ1v) is 5.91. The molecule has 18 heavy (non-hydrogen) atoms. The smallest absolute Gasteiger partial charge is 0.335 e. The molecule has 1 N–H and O–H groups in total. The van der Waals surface area contributed by atoms with Crippen LogP contribution in [0.15, 0.2) is 24.5 Å². The summed E-state index contributed by atoms with van der Waals surface area (Å²) in [6.07, 6.45) is 2.81. The molecule has 0 atom stereocenters. The van der Waals surface area contributed by atoms with Crippen molar-refractivity contribution in [1.29, 1.82) is 0 Å².